The lowest BCUT2D eigenvalue weighted by Gasteiger charge is -2.17. The van der Waals surface area contributed by atoms with Crippen molar-refractivity contribution < 1.29 is 4.79 Å². The molecule has 7 heteroatoms. The van der Waals surface area contributed by atoms with Crippen molar-refractivity contribution in [1.82, 2.24) is 15.2 Å². The van der Waals surface area contributed by atoms with Crippen molar-refractivity contribution in [3.05, 3.63) is 31.2 Å². The van der Waals surface area contributed by atoms with Crippen LogP contribution in [0.3, 0.4) is 0 Å². The third kappa shape index (κ3) is 4.87. The highest BCUT2D eigenvalue weighted by Crippen LogP contribution is 2.35. The first-order valence-electron chi connectivity index (χ1n) is 8.33. The third-order valence-electron chi connectivity index (χ3n) is 4.31. The Morgan fingerprint density at radius 1 is 1.20 bits per heavy atom. The molecule has 1 aromatic carbocycles. The molecule has 4 nitrogen and oxygen atoms in total. The predicted octanol–water partition coefficient (Wildman–Crippen LogP) is 4.76. The summed E-state index contributed by atoms with van der Waals surface area (Å²) >= 11 is 10.8. The molecule has 1 unspecified atom stereocenters. The lowest BCUT2D eigenvalue weighted by molar-refractivity contribution is -0.123. The van der Waals surface area contributed by atoms with Crippen LogP contribution in [0, 0.1) is 5.92 Å². The second-order valence-electron chi connectivity index (χ2n) is 6.62. The van der Waals surface area contributed by atoms with Gasteiger partial charge in [-0.1, -0.05) is 13.8 Å². The third-order valence-corrected chi connectivity index (χ3v) is 7.17. The van der Waals surface area contributed by atoms with Crippen LogP contribution in [0.1, 0.15) is 25.8 Å². The van der Waals surface area contributed by atoms with Crippen LogP contribution in [0.2, 0.25) is 0 Å². The largest absolute Gasteiger partial charge is 0.354 e. The first-order valence-corrected chi connectivity index (χ1v) is 10.7. The maximum Gasteiger partial charge on any atom is 0.237 e. The van der Waals surface area contributed by atoms with Gasteiger partial charge in [-0.25, -0.2) is 0 Å². The summed E-state index contributed by atoms with van der Waals surface area (Å²) in [5, 5.41) is 7.35. The summed E-state index contributed by atoms with van der Waals surface area (Å²) in [7, 11) is 3.87. The number of hydrogen-bond donors (Lipinski definition) is 2. The monoisotopic (exact) mass is 535 g/mol. The van der Waals surface area contributed by atoms with Crippen LogP contribution in [0.4, 0.5) is 0 Å². The van der Waals surface area contributed by atoms with Crippen molar-refractivity contribution in [3.8, 4) is 0 Å². The van der Waals surface area contributed by atoms with Crippen LogP contribution in [0.5, 0.6) is 0 Å². The van der Waals surface area contributed by atoms with Gasteiger partial charge in [-0.15, -0.1) is 0 Å². The van der Waals surface area contributed by atoms with Crippen LogP contribution < -0.4 is 10.6 Å². The van der Waals surface area contributed by atoms with E-state index in [1.807, 2.05) is 14.1 Å². The average Bonchev–Trinajstić information content (AvgIpc) is 2.77. The van der Waals surface area contributed by atoms with Crippen molar-refractivity contribution in [1.29, 1.82) is 0 Å². The number of nitrogens with one attached hydrogen (secondary N) is 2. The van der Waals surface area contributed by atoms with Crippen LogP contribution in [-0.4, -0.2) is 30.1 Å². The molecule has 0 fully saturated rings. The molecule has 1 atom stereocenters. The number of hydrogen-bond acceptors (Lipinski definition) is 2. The van der Waals surface area contributed by atoms with Gasteiger partial charge in [0.1, 0.15) is 0 Å². The Balaban J connectivity index is 2.12. The summed E-state index contributed by atoms with van der Waals surface area (Å²) in [6, 6.07) is 4.09. The molecule has 2 rings (SSSR count). The average molecular weight is 538 g/mol. The molecule has 0 saturated heterocycles. The molecule has 25 heavy (non-hydrogen) atoms. The van der Waals surface area contributed by atoms with E-state index >= 15 is 0 Å². The molecule has 138 valence electrons. The summed E-state index contributed by atoms with van der Waals surface area (Å²) in [6.07, 6.45) is 1.61. The van der Waals surface area contributed by atoms with Crippen LogP contribution in [-0.2, 0) is 18.3 Å². The van der Waals surface area contributed by atoms with Crippen molar-refractivity contribution in [3.63, 3.8) is 0 Å². The number of benzene rings is 1. The maximum absolute atomic E-state index is 12.3. The Labute approximate surface area is 174 Å². The van der Waals surface area contributed by atoms with Gasteiger partial charge < -0.3 is 15.2 Å². The molecular formula is C18H24Br3N3O. The zero-order valence-corrected chi connectivity index (χ0v) is 19.7. The van der Waals surface area contributed by atoms with Gasteiger partial charge in [-0.3, -0.25) is 4.79 Å². The second-order valence-corrected chi connectivity index (χ2v) is 9.08. The molecule has 2 aromatic rings. The first kappa shape index (κ1) is 20.9. The molecule has 0 aliphatic rings. The molecule has 0 spiro atoms. The van der Waals surface area contributed by atoms with Gasteiger partial charge in [-0.2, -0.15) is 0 Å². The molecular weight excluding hydrogens is 514 g/mol. The van der Waals surface area contributed by atoms with Crippen molar-refractivity contribution >= 4 is 64.6 Å². The van der Waals surface area contributed by atoms with Crippen molar-refractivity contribution in [2.24, 2.45) is 13.0 Å². The van der Waals surface area contributed by atoms with E-state index in [0.717, 1.165) is 31.9 Å². The second kappa shape index (κ2) is 9.02. The standard InChI is InChI=1S/C18H24Br3N3O/c1-10(2)7-15(22-3)18(25)23-6-5-11-12-8-13(19)14(20)9-16(12)24(4)17(11)21/h8-10,15,22H,5-7H2,1-4H3,(H,23,25). The fourth-order valence-corrected chi connectivity index (χ4v) is 4.25. The molecule has 1 aromatic heterocycles. The molecule has 0 radical (unpaired) electrons. The maximum atomic E-state index is 12.3. The normalized spacial score (nSPS) is 12.8. The number of fused-ring (bicyclic) bond motifs is 1. The van der Waals surface area contributed by atoms with E-state index in [-0.39, 0.29) is 11.9 Å². The van der Waals surface area contributed by atoms with Crippen LogP contribution in [0.25, 0.3) is 10.9 Å². The Morgan fingerprint density at radius 2 is 1.84 bits per heavy atom. The fraction of sp³-hybridized carbons (Fsp3) is 0.500. The molecule has 1 heterocycles. The van der Waals surface area contributed by atoms with E-state index in [9.17, 15) is 4.79 Å². The number of aromatic nitrogens is 1. The Bertz CT molecular complexity index is 771. The lowest BCUT2D eigenvalue weighted by Crippen LogP contribution is -2.44. The lowest BCUT2D eigenvalue weighted by atomic mass is 10.0. The number of nitrogens with zero attached hydrogens (tertiary/aromatic N) is 1. The predicted molar refractivity (Wildman–Crippen MR) is 115 cm³/mol. The molecule has 0 aliphatic carbocycles. The number of aryl methyl sites for hydroxylation is 1. The Morgan fingerprint density at radius 3 is 2.44 bits per heavy atom. The number of rotatable bonds is 7. The molecule has 2 N–H and O–H groups in total. The number of likely N-dealkylation sites (N-methyl/N-ethyl adjacent to an activating group) is 1. The van der Waals surface area contributed by atoms with Gasteiger partial charge in [-0.05, 0) is 91.3 Å². The molecule has 0 bridgehead atoms. The highest BCUT2D eigenvalue weighted by atomic mass is 79.9. The Kier molecular flexibility index (Phi) is 7.55. The zero-order chi connectivity index (χ0) is 18.7. The van der Waals surface area contributed by atoms with Crippen molar-refractivity contribution in [2.75, 3.05) is 13.6 Å². The van der Waals surface area contributed by atoms with E-state index in [2.05, 4.69) is 89.0 Å². The first-order chi connectivity index (χ1) is 11.8. The number of carbonyl (C=O) groups is 1. The Hall–Kier alpha value is -0.370. The SMILES string of the molecule is CNC(CC(C)C)C(=O)NCCc1c(Br)n(C)c2cc(Br)c(Br)cc12. The highest BCUT2D eigenvalue weighted by Gasteiger charge is 2.18. The summed E-state index contributed by atoms with van der Waals surface area (Å²) < 4.78 is 5.22. The van der Waals surface area contributed by atoms with E-state index in [0.29, 0.717) is 12.5 Å². The van der Waals surface area contributed by atoms with Crippen molar-refractivity contribution in [2.45, 2.75) is 32.7 Å². The van der Waals surface area contributed by atoms with E-state index in [1.165, 1.54) is 10.9 Å². The summed E-state index contributed by atoms with van der Waals surface area (Å²) in [6.45, 7) is 4.86. The number of carbonyl (C=O) groups excluding carboxylic acids is 1. The summed E-state index contributed by atoms with van der Waals surface area (Å²) in [4.78, 5) is 12.3. The number of amides is 1. The van der Waals surface area contributed by atoms with Gasteiger partial charge in [0.15, 0.2) is 0 Å². The van der Waals surface area contributed by atoms with Crippen LogP contribution >= 0.6 is 47.8 Å². The van der Waals surface area contributed by atoms with Gasteiger partial charge in [0.05, 0.1) is 16.2 Å². The molecule has 0 saturated carbocycles. The van der Waals surface area contributed by atoms with Crippen LogP contribution in [0.15, 0.2) is 25.7 Å². The zero-order valence-electron chi connectivity index (χ0n) is 14.9. The quantitative estimate of drug-likeness (QED) is 0.535. The van der Waals surface area contributed by atoms with E-state index in [1.54, 1.807) is 0 Å². The van der Waals surface area contributed by atoms with Gasteiger partial charge in [0.25, 0.3) is 0 Å². The summed E-state index contributed by atoms with van der Waals surface area (Å²) in [5.41, 5.74) is 2.35. The minimum atomic E-state index is -0.138. The smallest absolute Gasteiger partial charge is 0.237 e. The minimum absolute atomic E-state index is 0.0662. The van der Waals surface area contributed by atoms with Gasteiger partial charge >= 0.3 is 0 Å². The molecule has 0 aliphatic heterocycles. The number of halogens is 3. The van der Waals surface area contributed by atoms with E-state index in [4.69, 9.17) is 0 Å². The van der Waals surface area contributed by atoms with Gasteiger partial charge in [0.2, 0.25) is 5.91 Å². The van der Waals surface area contributed by atoms with E-state index < -0.39 is 0 Å². The summed E-state index contributed by atoms with van der Waals surface area (Å²) in [5.74, 6) is 0.544. The van der Waals surface area contributed by atoms with Gasteiger partial charge in [0, 0.05) is 27.9 Å². The molecule has 1 amide bonds. The topological polar surface area (TPSA) is 46.1 Å². The minimum Gasteiger partial charge on any atom is -0.354 e. The fourth-order valence-electron chi connectivity index (χ4n) is 2.97. The highest BCUT2D eigenvalue weighted by molar-refractivity contribution is 9.13.